The lowest BCUT2D eigenvalue weighted by molar-refractivity contribution is 0.624. The van der Waals surface area contributed by atoms with Gasteiger partial charge >= 0.3 is 0 Å². The molecule has 0 aliphatic heterocycles. The Morgan fingerprint density at radius 1 is 1.43 bits per heavy atom. The largest absolute Gasteiger partial charge is 0.206 e. The highest BCUT2D eigenvalue weighted by Crippen LogP contribution is 2.08. The molecule has 0 aromatic heterocycles. The molecule has 0 aliphatic rings. The van der Waals surface area contributed by atoms with E-state index in [1.54, 1.807) is 6.07 Å². The lowest BCUT2D eigenvalue weighted by Gasteiger charge is -1.93. The van der Waals surface area contributed by atoms with Crippen LogP contribution in [0.1, 0.15) is 17.5 Å². The first kappa shape index (κ1) is 10.6. The van der Waals surface area contributed by atoms with Crippen LogP contribution in [0, 0.1) is 29.0 Å². The van der Waals surface area contributed by atoms with Gasteiger partial charge in [0.05, 0.1) is 17.2 Å². The zero-order valence-electron chi connectivity index (χ0n) is 7.42. The van der Waals surface area contributed by atoms with E-state index in [1.807, 2.05) is 6.07 Å². The minimum atomic E-state index is -0.448. The van der Waals surface area contributed by atoms with E-state index in [9.17, 15) is 4.39 Å². The monoisotopic (exact) mass is 205 g/mol. The van der Waals surface area contributed by atoms with Gasteiger partial charge in [-0.3, -0.25) is 0 Å². The minimum Gasteiger partial charge on any atom is -0.206 e. The molecule has 0 amide bonds. The Morgan fingerprint density at radius 2 is 2.21 bits per heavy atom. The molecule has 1 aromatic carbocycles. The molecule has 3 heteroatoms. The summed E-state index contributed by atoms with van der Waals surface area (Å²) in [5.74, 6) is 5.67. The van der Waals surface area contributed by atoms with Crippen LogP contribution in [-0.2, 0) is 0 Å². The van der Waals surface area contributed by atoms with E-state index in [2.05, 4.69) is 24.5 Å². The molecule has 1 nitrogen and oxygen atoms in total. The summed E-state index contributed by atoms with van der Waals surface area (Å²) in [5, 5.41) is 8.50. The molecular weight excluding hydrogens is 197 g/mol. The Bertz CT molecular complexity index is 423. The molecule has 14 heavy (non-hydrogen) atoms. The van der Waals surface area contributed by atoms with Crippen molar-refractivity contribution in [3.8, 4) is 17.9 Å². The average molecular weight is 205 g/mol. The quantitative estimate of drug-likeness (QED) is 0.552. The number of hydrogen-bond acceptors (Lipinski definition) is 2. The molecule has 1 aromatic rings. The molecule has 0 saturated carbocycles. The molecule has 0 N–H and O–H groups in total. The Labute approximate surface area is 88.0 Å². The third kappa shape index (κ3) is 2.80. The summed E-state index contributed by atoms with van der Waals surface area (Å²) in [6, 6.07) is 6.11. The van der Waals surface area contributed by atoms with Crippen molar-refractivity contribution in [2.75, 3.05) is 5.75 Å². The molecule has 0 aliphatic carbocycles. The van der Waals surface area contributed by atoms with E-state index >= 15 is 0 Å². The maximum Gasteiger partial charge on any atom is 0.140 e. The topological polar surface area (TPSA) is 23.8 Å². The van der Waals surface area contributed by atoms with Crippen LogP contribution < -0.4 is 0 Å². The number of nitrogens with zero attached hydrogens (tertiary/aromatic N) is 1. The zero-order valence-corrected chi connectivity index (χ0v) is 8.31. The SMILES string of the molecule is N#Cc1ccc(C#CCCS)c(F)c1. The normalized spacial score (nSPS) is 8.64. The highest BCUT2D eigenvalue weighted by atomic mass is 32.1. The lowest BCUT2D eigenvalue weighted by atomic mass is 10.1. The minimum absolute atomic E-state index is 0.308. The molecule has 0 atom stereocenters. The Morgan fingerprint density at radius 3 is 2.79 bits per heavy atom. The van der Waals surface area contributed by atoms with Crippen molar-refractivity contribution >= 4 is 12.6 Å². The standard InChI is InChI=1S/C11H8FNS/c12-11-7-9(8-13)4-5-10(11)3-1-2-6-14/h4-5,7,14H,2,6H2. The van der Waals surface area contributed by atoms with Crippen molar-refractivity contribution in [3.05, 3.63) is 35.1 Å². The summed E-state index contributed by atoms with van der Waals surface area (Å²) in [5.41, 5.74) is 0.632. The highest BCUT2D eigenvalue weighted by Gasteiger charge is 1.99. The molecule has 1 rings (SSSR count). The van der Waals surface area contributed by atoms with Crippen molar-refractivity contribution in [1.29, 1.82) is 5.26 Å². The Kier molecular flexibility index (Phi) is 4.04. The summed E-state index contributed by atoms with van der Waals surface area (Å²) in [6.45, 7) is 0. The fourth-order valence-electron chi connectivity index (χ4n) is 0.900. The number of nitriles is 1. The van der Waals surface area contributed by atoms with Crippen LogP contribution in [0.25, 0.3) is 0 Å². The zero-order chi connectivity index (χ0) is 10.4. The molecule has 0 unspecified atom stereocenters. The van der Waals surface area contributed by atoms with Gasteiger partial charge in [0.1, 0.15) is 5.82 Å². The van der Waals surface area contributed by atoms with Crippen LogP contribution in [0.15, 0.2) is 18.2 Å². The summed E-state index contributed by atoms with van der Waals surface area (Å²) >= 11 is 3.99. The van der Waals surface area contributed by atoms with Gasteiger partial charge in [-0.2, -0.15) is 17.9 Å². The molecular formula is C11H8FNS. The number of benzene rings is 1. The van der Waals surface area contributed by atoms with Gasteiger partial charge < -0.3 is 0 Å². The molecule has 70 valence electrons. The van der Waals surface area contributed by atoms with Gasteiger partial charge in [0.2, 0.25) is 0 Å². The van der Waals surface area contributed by atoms with Gasteiger partial charge in [-0.15, -0.1) is 0 Å². The first-order valence-electron chi connectivity index (χ1n) is 4.07. The van der Waals surface area contributed by atoms with E-state index in [4.69, 9.17) is 5.26 Å². The van der Waals surface area contributed by atoms with Crippen molar-refractivity contribution in [2.45, 2.75) is 6.42 Å². The smallest absolute Gasteiger partial charge is 0.140 e. The molecule has 0 radical (unpaired) electrons. The maximum atomic E-state index is 13.2. The summed E-state index contributed by atoms with van der Waals surface area (Å²) in [4.78, 5) is 0. The van der Waals surface area contributed by atoms with E-state index in [1.165, 1.54) is 12.1 Å². The van der Waals surface area contributed by atoms with Gasteiger partial charge in [-0.05, 0) is 18.2 Å². The predicted octanol–water partition coefficient (Wildman–Crippen LogP) is 2.37. The Hall–Kier alpha value is -1.45. The Balaban J connectivity index is 2.92. The molecule has 0 saturated heterocycles. The van der Waals surface area contributed by atoms with Gasteiger partial charge in [0.15, 0.2) is 0 Å². The van der Waals surface area contributed by atoms with Crippen LogP contribution >= 0.6 is 12.6 Å². The second-order valence-corrected chi connectivity index (χ2v) is 3.03. The van der Waals surface area contributed by atoms with Crippen molar-refractivity contribution in [3.63, 3.8) is 0 Å². The molecule has 0 bridgehead atoms. The van der Waals surface area contributed by atoms with Crippen molar-refractivity contribution in [1.82, 2.24) is 0 Å². The summed E-state index contributed by atoms with van der Waals surface area (Å²) in [6.07, 6.45) is 0.628. The number of thiol groups is 1. The number of hydrogen-bond donors (Lipinski definition) is 1. The van der Waals surface area contributed by atoms with Gasteiger partial charge in [-0.1, -0.05) is 11.8 Å². The van der Waals surface area contributed by atoms with E-state index in [0.29, 0.717) is 23.3 Å². The molecule has 0 fully saturated rings. The summed E-state index contributed by atoms with van der Waals surface area (Å²) in [7, 11) is 0. The molecule has 0 heterocycles. The van der Waals surface area contributed by atoms with E-state index in [-0.39, 0.29) is 0 Å². The highest BCUT2D eigenvalue weighted by molar-refractivity contribution is 7.80. The second-order valence-electron chi connectivity index (χ2n) is 2.58. The first-order valence-corrected chi connectivity index (χ1v) is 4.70. The predicted molar refractivity (Wildman–Crippen MR) is 56.5 cm³/mol. The van der Waals surface area contributed by atoms with Crippen LogP contribution in [-0.4, -0.2) is 5.75 Å². The third-order valence-corrected chi connectivity index (χ3v) is 1.78. The van der Waals surface area contributed by atoms with Crippen LogP contribution in [0.2, 0.25) is 0 Å². The van der Waals surface area contributed by atoms with Crippen molar-refractivity contribution < 1.29 is 4.39 Å². The van der Waals surface area contributed by atoms with E-state index in [0.717, 1.165) is 0 Å². The third-order valence-electron chi connectivity index (χ3n) is 1.56. The maximum absolute atomic E-state index is 13.2. The average Bonchev–Trinajstić information content (AvgIpc) is 2.20. The first-order chi connectivity index (χ1) is 6.77. The van der Waals surface area contributed by atoms with Crippen LogP contribution in [0.4, 0.5) is 4.39 Å². The number of halogens is 1. The van der Waals surface area contributed by atoms with Gasteiger partial charge in [0, 0.05) is 12.2 Å². The fourth-order valence-corrected chi connectivity index (χ4v) is 1.01. The van der Waals surface area contributed by atoms with E-state index < -0.39 is 5.82 Å². The van der Waals surface area contributed by atoms with Gasteiger partial charge in [-0.25, -0.2) is 4.39 Å². The molecule has 0 spiro atoms. The van der Waals surface area contributed by atoms with Gasteiger partial charge in [0.25, 0.3) is 0 Å². The van der Waals surface area contributed by atoms with Crippen molar-refractivity contribution in [2.24, 2.45) is 0 Å². The summed E-state index contributed by atoms with van der Waals surface area (Å²) < 4.78 is 13.2. The number of rotatable bonds is 1. The lowest BCUT2D eigenvalue weighted by Crippen LogP contribution is -1.85. The second kappa shape index (κ2) is 5.32. The fraction of sp³-hybridized carbons (Fsp3) is 0.182. The van der Waals surface area contributed by atoms with Crippen LogP contribution in [0.3, 0.4) is 0 Å². The van der Waals surface area contributed by atoms with Crippen LogP contribution in [0.5, 0.6) is 0 Å².